The molecule has 0 spiro atoms. The highest BCUT2D eigenvalue weighted by Gasteiger charge is 2.14. The summed E-state index contributed by atoms with van der Waals surface area (Å²) in [7, 11) is 0. The molecule has 17 heavy (non-hydrogen) atoms. The van der Waals surface area contributed by atoms with Crippen molar-refractivity contribution in [2.45, 2.75) is 26.7 Å². The van der Waals surface area contributed by atoms with E-state index in [1.807, 2.05) is 31.2 Å². The quantitative estimate of drug-likeness (QED) is 0.745. The SMILES string of the molecule is Cc1ccoc1C(=O)c1ccc(C(C)C)cc1. The van der Waals surface area contributed by atoms with E-state index in [-0.39, 0.29) is 5.78 Å². The number of aryl methyl sites for hydroxylation is 1. The third-order valence-corrected chi connectivity index (χ3v) is 2.91. The van der Waals surface area contributed by atoms with Crippen LogP contribution in [0.15, 0.2) is 41.0 Å². The molecule has 2 rings (SSSR count). The van der Waals surface area contributed by atoms with Gasteiger partial charge in [-0.2, -0.15) is 0 Å². The molecule has 0 aliphatic carbocycles. The first-order chi connectivity index (χ1) is 8.09. The van der Waals surface area contributed by atoms with Crippen LogP contribution in [-0.2, 0) is 0 Å². The molecular weight excluding hydrogens is 212 g/mol. The van der Waals surface area contributed by atoms with E-state index in [1.165, 1.54) is 5.56 Å². The summed E-state index contributed by atoms with van der Waals surface area (Å²) < 4.78 is 5.21. The van der Waals surface area contributed by atoms with Crippen molar-refractivity contribution < 1.29 is 9.21 Å². The lowest BCUT2D eigenvalue weighted by Crippen LogP contribution is -2.01. The topological polar surface area (TPSA) is 30.2 Å². The molecule has 0 bridgehead atoms. The number of hydrogen-bond donors (Lipinski definition) is 0. The van der Waals surface area contributed by atoms with E-state index in [9.17, 15) is 4.79 Å². The Morgan fingerprint density at radius 2 is 1.76 bits per heavy atom. The maximum absolute atomic E-state index is 12.1. The monoisotopic (exact) mass is 228 g/mol. The molecule has 0 aliphatic rings. The highest BCUT2D eigenvalue weighted by molar-refractivity contribution is 6.07. The van der Waals surface area contributed by atoms with Crippen LogP contribution in [-0.4, -0.2) is 5.78 Å². The lowest BCUT2D eigenvalue weighted by molar-refractivity contribution is 0.101. The summed E-state index contributed by atoms with van der Waals surface area (Å²) in [5.74, 6) is 0.856. The van der Waals surface area contributed by atoms with Crippen LogP contribution in [0.5, 0.6) is 0 Å². The van der Waals surface area contributed by atoms with Gasteiger partial charge >= 0.3 is 0 Å². The third-order valence-electron chi connectivity index (χ3n) is 2.91. The minimum atomic E-state index is -0.0530. The summed E-state index contributed by atoms with van der Waals surface area (Å²) in [6, 6.07) is 9.52. The molecule has 1 aromatic carbocycles. The van der Waals surface area contributed by atoms with Gasteiger partial charge in [0.2, 0.25) is 5.78 Å². The smallest absolute Gasteiger partial charge is 0.228 e. The third kappa shape index (κ3) is 2.31. The Labute approximate surface area is 101 Å². The van der Waals surface area contributed by atoms with E-state index in [1.54, 1.807) is 12.3 Å². The molecule has 2 heteroatoms. The second-order valence-corrected chi connectivity index (χ2v) is 4.54. The molecule has 88 valence electrons. The van der Waals surface area contributed by atoms with Gasteiger partial charge in [0.1, 0.15) is 0 Å². The summed E-state index contributed by atoms with van der Waals surface area (Å²) in [4.78, 5) is 12.1. The Morgan fingerprint density at radius 3 is 2.24 bits per heavy atom. The van der Waals surface area contributed by atoms with Crippen LogP contribution >= 0.6 is 0 Å². The van der Waals surface area contributed by atoms with Crippen LogP contribution in [0.4, 0.5) is 0 Å². The maximum atomic E-state index is 12.1. The van der Waals surface area contributed by atoms with E-state index in [0.29, 0.717) is 17.2 Å². The first-order valence-electron chi connectivity index (χ1n) is 5.78. The van der Waals surface area contributed by atoms with Crippen molar-refractivity contribution in [3.05, 3.63) is 59.0 Å². The van der Waals surface area contributed by atoms with Gasteiger partial charge in [0.05, 0.1) is 6.26 Å². The first kappa shape index (κ1) is 11.6. The lowest BCUT2D eigenvalue weighted by atomic mass is 9.99. The number of hydrogen-bond acceptors (Lipinski definition) is 2. The fourth-order valence-electron chi connectivity index (χ4n) is 1.76. The van der Waals surface area contributed by atoms with Crippen molar-refractivity contribution in [1.29, 1.82) is 0 Å². The molecular formula is C15H16O2. The second-order valence-electron chi connectivity index (χ2n) is 4.54. The van der Waals surface area contributed by atoms with E-state index in [0.717, 1.165) is 5.56 Å². The Kier molecular flexibility index (Phi) is 3.14. The molecule has 0 saturated heterocycles. The normalized spacial score (nSPS) is 10.8. The van der Waals surface area contributed by atoms with E-state index in [2.05, 4.69) is 13.8 Å². The summed E-state index contributed by atoms with van der Waals surface area (Å²) >= 11 is 0. The number of rotatable bonds is 3. The van der Waals surface area contributed by atoms with E-state index >= 15 is 0 Å². The van der Waals surface area contributed by atoms with Gasteiger partial charge in [0, 0.05) is 5.56 Å². The molecule has 2 aromatic rings. The standard InChI is InChI=1S/C15H16O2/c1-10(2)12-4-6-13(7-5-12)14(16)15-11(3)8-9-17-15/h4-10H,1-3H3. The predicted molar refractivity (Wildman–Crippen MR) is 67.4 cm³/mol. The minimum Gasteiger partial charge on any atom is -0.461 e. The van der Waals surface area contributed by atoms with Gasteiger partial charge in [-0.3, -0.25) is 4.79 Å². The van der Waals surface area contributed by atoms with Crippen LogP contribution in [0.2, 0.25) is 0 Å². The molecule has 0 atom stereocenters. The maximum Gasteiger partial charge on any atom is 0.228 e. The van der Waals surface area contributed by atoms with Crippen LogP contribution in [0, 0.1) is 6.92 Å². The minimum absolute atomic E-state index is 0.0530. The Bertz CT molecular complexity index is 518. The Balaban J connectivity index is 2.29. The Morgan fingerprint density at radius 1 is 1.12 bits per heavy atom. The number of furan rings is 1. The van der Waals surface area contributed by atoms with Gasteiger partial charge in [-0.05, 0) is 30.0 Å². The van der Waals surface area contributed by atoms with Crippen LogP contribution in [0.25, 0.3) is 0 Å². The van der Waals surface area contributed by atoms with Gasteiger partial charge in [-0.25, -0.2) is 0 Å². The average molecular weight is 228 g/mol. The molecule has 2 nitrogen and oxygen atoms in total. The highest BCUT2D eigenvalue weighted by atomic mass is 16.3. The van der Waals surface area contributed by atoms with Gasteiger partial charge in [0.25, 0.3) is 0 Å². The highest BCUT2D eigenvalue weighted by Crippen LogP contribution is 2.18. The number of ketones is 1. The van der Waals surface area contributed by atoms with Crippen molar-refractivity contribution in [3.8, 4) is 0 Å². The van der Waals surface area contributed by atoms with Crippen LogP contribution in [0.1, 0.15) is 47.0 Å². The molecule has 0 amide bonds. The second kappa shape index (κ2) is 4.58. The predicted octanol–water partition coefficient (Wildman–Crippen LogP) is 3.94. The molecule has 0 fully saturated rings. The molecule has 1 heterocycles. The van der Waals surface area contributed by atoms with Crippen molar-refractivity contribution in [2.24, 2.45) is 0 Å². The summed E-state index contributed by atoms with van der Waals surface area (Å²) in [6.07, 6.45) is 1.55. The molecule has 0 aliphatic heterocycles. The average Bonchev–Trinajstić information content (AvgIpc) is 2.74. The van der Waals surface area contributed by atoms with Gasteiger partial charge < -0.3 is 4.42 Å². The fraction of sp³-hybridized carbons (Fsp3) is 0.267. The first-order valence-corrected chi connectivity index (χ1v) is 5.78. The Hall–Kier alpha value is -1.83. The van der Waals surface area contributed by atoms with Crippen LogP contribution < -0.4 is 0 Å². The van der Waals surface area contributed by atoms with Crippen molar-refractivity contribution in [1.82, 2.24) is 0 Å². The molecule has 0 saturated carbocycles. The van der Waals surface area contributed by atoms with Gasteiger partial charge in [0.15, 0.2) is 5.76 Å². The van der Waals surface area contributed by atoms with Crippen molar-refractivity contribution in [2.75, 3.05) is 0 Å². The number of carbonyl (C=O) groups excluding carboxylic acids is 1. The van der Waals surface area contributed by atoms with Crippen molar-refractivity contribution in [3.63, 3.8) is 0 Å². The van der Waals surface area contributed by atoms with Gasteiger partial charge in [-0.15, -0.1) is 0 Å². The summed E-state index contributed by atoms with van der Waals surface area (Å²) in [6.45, 7) is 6.14. The zero-order valence-electron chi connectivity index (χ0n) is 10.4. The molecule has 0 unspecified atom stereocenters. The fourth-order valence-corrected chi connectivity index (χ4v) is 1.76. The van der Waals surface area contributed by atoms with E-state index in [4.69, 9.17) is 4.42 Å². The zero-order valence-corrected chi connectivity index (χ0v) is 10.4. The number of carbonyl (C=O) groups is 1. The summed E-state index contributed by atoms with van der Waals surface area (Å²) in [5, 5.41) is 0. The molecule has 0 N–H and O–H groups in total. The van der Waals surface area contributed by atoms with Crippen LogP contribution in [0.3, 0.4) is 0 Å². The largest absolute Gasteiger partial charge is 0.461 e. The molecule has 0 radical (unpaired) electrons. The lowest BCUT2D eigenvalue weighted by Gasteiger charge is -2.05. The number of benzene rings is 1. The van der Waals surface area contributed by atoms with E-state index < -0.39 is 0 Å². The summed E-state index contributed by atoms with van der Waals surface area (Å²) in [5.41, 5.74) is 2.79. The van der Waals surface area contributed by atoms with Gasteiger partial charge in [-0.1, -0.05) is 38.1 Å². The molecule has 1 aromatic heterocycles. The zero-order chi connectivity index (χ0) is 12.4. The van der Waals surface area contributed by atoms with Crippen molar-refractivity contribution >= 4 is 5.78 Å².